The van der Waals surface area contributed by atoms with Crippen molar-refractivity contribution < 1.29 is 70.0 Å². The molecule has 1 aliphatic heterocycles. The highest BCUT2D eigenvalue weighted by Crippen LogP contribution is 2.34. The molecule has 2 amide bonds. The van der Waals surface area contributed by atoms with E-state index in [4.69, 9.17) is 18.9 Å². The maximum Gasteiger partial charge on any atom is 0.414 e. The number of ether oxygens (including phenoxy) is 6. The highest BCUT2D eigenvalue weighted by atomic mass is 19.1. The number of esters is 3. The third-order valence-corrected chi connectivity index (χ3v) is 8.13. The lowest BCUT2D eigenvalue weighted by molar-refractivity contribution is -0.146. The van der Waals surface area contributed by atoms with E-state index in [1.807, 2.05) is 0 Å². The summed E-state index contributed by atoms with van der Waals surface area (Å²) in [5.74, 6) is -6.32. The molecule has 3 atom stereocenters. The van der Waals surface area contributed by atoms with E-state index in [0.717, 1.165) is 21.9 Å². The third kappa shape index (κ3) is 18.4. The first-order valence-electron chi connectivity index (χ1n) is 19.0. The fourth-order valence-electron chi connectivity index (χ4n) is 5.44. The number of epoxide rings is 1. The van der Waals surface area contributed by atoms with Crippen LogP contribution in [0.1, 0.15) is 80.4 Å². The Kier molecular flexibility index (Phi) is 23.1. The molecule has 0 bridgehead atoms. The van der Waals surface area contributed by atoms with Gasteiger partial charge in [-0.05, 0) is 91.5 Å². The monoisotopic (exact) mass is 870 g/mol. The van der Waals surface area contributed by atoms with Crippen molar-refractivity contribution in [2.45, 2.75) is 99.4 Å². The molecule has 61 heavy (non-hydrogen) atoms. The average molecular weight is 871 g/mol. The number of nitrogens with zero attached hydrogens (tertiary/aromatic N) is 2. The lowest BCUT2D eigenvalue weighted by Crippen LogP contribution is -2.38. The molecular weight excluding hydrogens is 808 g/mol. The highest BCUT2D eigenvalue weighted by molar-refractivity contribution is 5.90. The van der Waals surface area contributed by atoms with E-state index in [2.05, 4.69) is 22.6 Å². The van der Waals surface area contributed by atoms with Crippen LogP contribution in [0.15, 0.2) is 49.6 Å². The molecule has 1 heterocycles. The summed E-state index contributed by atoms with van der Waals surface area (Å²) in [6.45, 7) is 20.9. The second-order valence-electron chi connectivity index (χ2n) is 15.1. The minimum atomic E-state index is -0.916. The van der Waals surface area contributed by atoms with Gasteiger partial charge in [0.2, 0.25) is 0 Å². The molecule has 0 aliphatic carbocycles. The number of halogens is 4. The number of rotatable bonds is 14. The highest BCUT2D eigenvalue weighted by Gasteiger charge is 2.40. The molecule has 3 unspecified atom stereocenters. The number of hydrogen-bond acceptors (Lipinski definition) is 11. The Morgan fingerprint density at radius 1 is 0.738 bits per heavy atom. The quantitative estimate of drug-likeness (QED) is 0.0588. The molecule has 0 radical (unpaired) electrons. The summed E-state index contributed by atoms with van der Waals surface area (Å²) in [6, 6.07) is 3.59. The molecule has 17 heteroatoms. The molecule has 0 N–H and O–H groups in total. The van der Waals surface area contributed by atoms with Gasteiger partial charge in [0.25, 0.3) is 0 Å². The number of anilines is 2. The van der Waals surface area contributed by atoms with Gasteiger partial charge in [0.05, 0.1) is 63.7 Å². The van der Waals surface area contributed by atoms with Gasteiger partial charge in [0.1, 0.15) is 34.5 Å². The van der Waals surface area contributed by atoms with Crippen LogP contribution in [0.5, 0.6) is 0 Å². The largest absolute Gasteiger partial charge is 0.469 e. The van der Waals surface area contributed by atoms with E-state index < -0.39 is 70.4 Å². The van der Waals surface area contributed by atoms with Crippen molar-refractivity contribution in [2.75, 3.05) is 50.8 Å². The first kappa shape index (κ1) is 55.5. The van der Waals surface area contributed by atoms with Gasteiger partial charge in [-0.2, -0.15) is 0 Å². The minimum absolute atomic E-state index is 0. The number of amides is 2. The summed E-state index contributed by atoms with van der Waals surface area (Å²) in [5, 5.41) is 0. The average Bonchev–Trinajstić information content (AvgIpc) is 3.99. The fraction of sp³-hybridized carbons (Fsp3) is 0.523. The molecule has 2 aromatic rings. The Labute approximate surface area is 356 Å². The van der Waals surface area contributed by atoms with Crippen LogP contribution in [0.25, 0.3) is 0 Å². The predicted octanol–water partition coefficient (Wildman–Crippen LogP) is 9.07. The van der Waals surface area contributed by atoms with Crippen LogP contribution in [0, 0.1) is 35.1 Å². The summed E-state index contributed by atoms with van der Waals surface area (Å²) in [5.41, 5.74) is -1.48. The van der Waals surface area contributed by atoms with Gasteiger partial charge in [0, 0.05) is 25.2 Å². The molecule has 0 saturated carbocycles. The third-order valence-electron chi connectivity index (χ3n) is 8.13. The summed E-state index contributed by atoms with van der Waals surface area (Å²) in [6.07, 6.45) is 1.16. The SMILES string of the molecule is C.C=CC(Cc1cc(F)cc(F)c1N(CC)C(=O)OC(C)(C)C)C(=O)OC.C=CCC(=O)OC.CCN(C(=O)OC(C)(C)C)c1c(F)cc(F)cc1CC(C(=O)OC)C1CO1. The first-order valence-corrected chi connectivity index (χ1v) is 19.0. The maximum atomic E-state index is 14.7. The Morgan fingerprint density at radius 3 is 1.44 bits per heavy atom. The topological polar surface area (TPSA) is 151 Å². The Hall–Kier alpha value is -5.45. The lowest BCUT2D eigenvalue weighted by Gasteiger charge is -2.28. The lowest BCUT2D eigenvalue weighted by atomic mass is 9.94. The number of methoxy groups -OCH3 is 3. The molecule has 13 nitrogen and oxygen atoms in total. The normalized spacial score (nSPS) is 13.7. The summed E-state index contributed by atoms with van der Waals surface area (Å²) < 4.78 is 86.4. The Balaban J connectivity index is 0.00000101. The van der Waals surface area contributed by atoms with E-state index in [0.29, 0.717) is 25.2 Å². The van der Waals surface area contributed by atoms with Crippen molar-refractivity contribution in [1.82, 2.24) is 0 Å². The Bertz CT molecular complexity index is 1820. The number of hydrogen-bond donors (Lipinski definition) is 0. The van der Waals surface area contributed by atoms with Crippen molar-refractivity contribution in [3.63, 3.8) is 0 Å². The number of carbonyl (C=O) groups excluding carboxylic acids is 5. The van der Waals surface area contributed by atoms with Gasteiger partial charge < -0.3 is 28.4 Å². The van der Waals surface area contributed by atoms with Crippen LogP contribution in [-0.2, 0) is 55.6 Å². The molecule has 1 saturated heterocycles. The molecule has 1 fully saturated rings. The molecule has 2 aromatic carbocycles. The van der Waals surface area contributed by atoms with Gasteiger partial charge in [-0.25, -0.2) is 27.2 Å². The first-order chi connectivity index (χ1) is 27.9. The molecule has 3 rings (SSSR count). The van der Waals surface area contributed by atoms with Crippen molar-refractivity contribution in [3.05, 3.63) is 84.0 Å². The summed E-state index contributed by atoms with van der Waals surface area (Å²) >= 11 is 0. The maximum absolute atomic E-state index is 14.7. The van der Waals surface area contributed by atoms with E-state index >= 15 is 0 Å². The molecule has 0 spiro atoms. The van der Waals surface area contributed by atoms with Gasteiger partial charge >= 0.3 is 30.1 Å². The van der Waals surface area contributed by atoms with Crippen LogP contribution in [0.3, 0.4) is 0 Å². The van der Waals surface area contributed by atoms with Gasteiger partial charge in [0.15, 0.2) is 0 Å². The standard InChI is InChI=1S/C19H25F2NO5.C19H25F2NO4.C5H8O2.CH4/c1-6-22(18(24)27-19(2,3)4)16-11(7-12(20)9-14(16)21)8-13(15-10-26-15)17(23)25-5;1-7-12(17(23)25-6)9-13-10-14(20)11-15(21)16(13)22(8-2)18(24)26-19(3,4)5;1-3-4-5(6)7-2;/h7,9,13,15H,6,8,10H2,1-5H3;7,10-12H,1,8-9H2,2-6H3;3H,1,4H2,2H3;1H4. The zero-order valence-electron chi connectivity index (χ0n) is 36.3. The zero-order valence-corrected chi connectivity index (χ0v) is 36.3. The Morgan fingerprint density at radius 2 is 1.15 bits per heavy atom. The van der Waals surface area contributed by atoms with Crippen LogP contribution >= 0.6 is 0 Å². The van der Waals surface area contributed by atoms with Crippen LogP contribution < -0.4 is 9.80 Å². The van der Waals surface area contributed by atoms with Crippen LogP contribution in [-0.4, -0.2) is 88.4 Å². The molecular formula is C44H62F4N2O11. The number of benzene rings is 2. The minimum Gasteiger partial charge on any atom is -0.469 e. The van der Waals surface area contributed by atoms with E-state index in [9.17, 15) is 41.5 Å². The second-order valence-corrected chi connectivity index (χ2v) is 15.1. The molecule has 0 aromatic heterocycles. The molecule has 1 aliphatic rings. The second kappa shape index (κ2) is 25.4. The summed E-state index contributed by atoms with van der Waals surface area (Å²) in [7, 11) is 3.81. The van der Waals surface area contributed by atoms with Gasteiger partial charge in [-0.15, -0.1) is 13.2 Å². The van der Waals surface area contributed by atoms with Gasteiger partial charge in [-0.1, -0.05) is 19.6 Å². The van der Waals surface area contributed by atoms with E-state index in [1.54, 1.807) is 55.4 Å². The number of carbonyl (C=O) groups is 5. The fourth-order valence-corrected chi connectivity index (χ4v) is 5.44. The summed E-state index contributed by atoms with van der Waals surface area (Å²) in [4.78, 5) is 61.1. The van der Waals surface area contributed by atoms with Crippen molar-refractivity contribution in [2.24, 2.45) is 11.8 Å². The smallest absolute Gasteiger partial charge is 0.414 e. The van der Waals surface area contributed by atoms with Gasteiger partial charge in [-0.3, -0.25) is 24.2 Å². The van der Waals surface area contributed by atoms with Crippen LogP contribution in [0.4, 0.5) is 38.5 Å². The van der Waals surface area contributed by atoms with Crippen LogP contribution in [0.2, 0.25) is 0 Å². The van der Waals surface area contributed by atoms with E-state index in [-0.39, 0.29) is 67.9 Å². The zero-order chi connectivity index (χ0) is 46.1. The van der Waals surface area contributed by atoms with Crippen molar-refractivity contribution in [1.29, 1.82) is 0 Å². The van der Waals surface area contributed by atoms with E-state index in [1.165, 1.54) is 33.5 Å². The predicted molar refractivity (Wildman–Crippen MR) is 223 cm³/mol. The van der Waals surface area contributed by atoms with Crippen molar-refractivity contribution in [3.8, 4) is 0 Å². The van der Waals surface area contributed by atoms with Crippen molar-refractivity contribution >= 4 is 41.5 Å². The molecule has 342 valence electrons.